The Labute approximate surface area is 101 Å². The van der Waals surface area contributed by atoms with E-state index < -0.39 is 0 Å². The summed E-state index contributed by atoms with van der Waals surface area (Å²) in [6.07, 6.45) is 4.32. The van der Waals surface area contributed by atoms with Gasteiger partial charge in [-0.05, 0) is 31.2 Å². The largest absolute Gasteiger partial charge is 0.312 e. The molecule has 1 aliphatic heterocycles. The Bertz CT molecular complexity index is 325. The van der Waals surface area contributed by atoms with E-state index in [1.54, 1.807) is 11.3 Å². The van der Waals surface area contributed by atoms with Gasteiger partial charge >= 0.3 is 0 Å². The number of rotatable bonds is 4. The van der Waals surface area contributed by atoms with Gasteiger partial charge in [0.15, 0.2) is 0 Å². The van der Waals surface area contributed by atoms with Crippen molar-refractivity contribution in [3.63, 3.8) is 0 Å². The van der Waals surface area contributed by atoms with Crippen molar-refractivity contribution in [2.45, 2.75) is 31.8 Å². The van der Waals surface area contributed by atoms with E-state index in [9.17, 15) is 0 Å². The summed E-state index contributed by atoms with van der Waals surface area (Å²) in [5, 5.41) is 9.30. The molecule has 3 rings (SSSR count). The third-order valence-electron chi connectivity index (χ3n) is 4.03. The molecule has 88 valence electrons. The highest BCUT2D eigenvalue weighted by molar-refractivity contribution is 7.07. The smallest absolute Gasteiger partial charge is 0.0795 e. The van der Waals surface area contributed by atoms with Gasteiger partial charge in [-0.3, -0.25) is 0 Å². The molecule has 3 unspecified atom stereocenters. The molecule has 3 atom stereocenters. The van der Waals surface area contributed by atoms with Gasteiger partial charge in [-0.25, -0.2) is 4.98 Å². The normalized spacial score (nSPS) is 33.1. The first-order valence-electron chi connectivity index (χ1n) is 6.24. The zero-order valence-corrected chi connectivity index (χ0v) is 10.3. The van der Waals surface area contributed by atoms with Crippen molar-refractivity contribution in [3.05, 3.63) is 16.6 Å². The molecule has 2 aliphatic rings. The molecule has 4 heteroatoms. The number of nitrogens with zero attached hydrogens (tertiary/aromatic N) is 1. The van der Waals surface area contributed by atoms with Crippen LogP contribution >= 0.6 is 11.3 Å². The molecule has 16 heavy (non-hydrogen) atoms. The van der Waals surface area contributed by atoms with Crippen LogP contribution in [0.2, 0.25) is 0 Å². The SMILES string of the molecule is c1nc(CNCC2NCC3CCCC32)cs1. The van der Waals surface area contributed by atoms with Gasteiger partial charge in [0.2, 0.25) is 0 Å². The number of aromatic nitrogens is 1. The van der Waals surface area contributed by atoms with Crippen LogP contribution < -0.4 is 10.6 Å². The monoisotopic (exact) mass is 237 g/mol. The van der Waals surface area contributed by atoms with E-state index in [0.29, 0.717) is 6.04 Å². The predicted octanol–water partition coefficient (Wildman–Crippen LogP) is 1.62. The maximum atomic E-state index is 4.28. The number of thiazole rings is 1. The molecule has 0 bridgehead atoms. The van der Waals surface area contributed by atoms with Crippen LogP contribution in [-0.2, 0) is 6.54 Å². The average Bonchev–Trinajstić information content (AvgIpc) is 2.95. The summed E-state index contributed by atoms with van der Waals surface area (Å²) in [6, 6.07) is 0.700. The van der Waals surface area contributed by atoms with Crippen LogP contribution in [0, 0.1) is 11.8 Å². The second kappa shape index (κ2) is 4.82. The standard InChI is InChI=1S/C12H19N3S/c1-2-9-4-14-12(11(9)3-1)6-13-5-10-7-16-8-15-10/h7-9,11-14H,1-6H2. The molecule has 3 nitrogen and oxygen atoms in total. The third kappa shape index (κ3) is 2.14. The zero-order chi connectivity index (χ0) is 10.8. The Kier molecular flexibility index (Phi) is 3.22. The minimum Gasteiger partial charge on any atom is -0.312 e. The first-order valence-corrected chi connectivity index (χ1v) is 7.19. The van der Waals surface area contributed by atoms with Gasteiger partial charge in [0.1, 0.15) is 0 Å². The summed E-state index contributed by atoms with van der Waals surface area (Å²) < 4.78 is 0. The van der Waals surface area contributed by atoms with Crippen LogP contribution in [-0.4, -0.2) is 24.1 Å². The van der Waals surface area contributed by atoms with Crippen molar-refractivity contribution in [3.8, 4) is 0 Å². The summed E-state index contributed by atoms with van der Waals surface area (Å²) >= 11 is 1.67. The Morgan fingerprint density at radius 2 is 2.50 bits per heavy atom. The van der Waals surface area contributed by atoms with Crippen molar-refractivity contribution < 1.29 is 0 Å². The molecule has 1 aliphatic carbocycles. The van der Waals surface area contributed by atoms with Crippen molar-refractivity contribution in [2.75, 3.05) is 13.1 Å². The van der Waals surface area contributed by atoms with E-state index in [2.05, 4.69) is 21.0 Å². The first kappa shape index (κ1) is 10.7. The molecule has 2 fully saturated rings. The van der Waals surface area contributed by atoms with Crippen LogP contribution in [0.15, 0.2) is 10.9 Å². The van der Waals surface area contributed by atoms with Gasteiger partial charge in [0, 0.05) is 24.5 Å². The fraction of sp³-hybridized carbons (Fsp3) is 0.750. The molecule has 0 amide bonds. The minimum atomic E-state index is 0.700. The summed E-state index contributed by atoms with van der Waals surface area (Å²) in [6.45, 7) is 3.26. The van der Waals surface area contributed by atoms with Crippen molar-refractivity contribution in [2.24, 2.45) is 11.8 Å². The maximum Gasteiger partial charge on any atom is 0.0795 e. The highest BCUT2D eigenvalue weighted by Gasteiger charge is 2.38. The van der Waals surface area contributed by atoms with E-state index in [1.807, 2.05) is 5.51 Å². The van der Waals surface area contributed by atoms with Gasteiger partial charge in [0.25, 0.3) is 0 Å². The number of hydrogen-bond donors (Lipinski definition) is 2. The summed E-state index contributed by atoms with van der Waals surface area (Å²) in [5.74, 6) is 1.90. The molecule has 0 radical (unpaired) electrons. The third-order valence-corrected chi connectivity index (χ3v) is 4.67. The molecular formula is C12H19N3S. The van der Waals surface area contributed by atoms with Crippen LogP contribution in [0.5, 0.6) is 0 Å². The lowest BCUT2D eigenvalue weighted by Gasteiger charge is -2.18. The molecule has 0 aromatic carbocycles. The molecular weight excluding hydrogens is 218 g/mol. The average molecular weight is 237 g/mol. The maximum absolute atomic E-state index is 4.28. The minimum absolute atomic E-state index is 0.700. The first-order chi connectivity index (χ1) is 7.93. The lowest BCUT2D eigenvalue weighted by Crippen LogP contribution is -2.37. The quantitative estimate of drug-likeness (QED) is 0.835. The van der Waals surface area contributed by atoms with Gasteiger partial charge in [-0.15, -0.1) is 11.3 Å². The van der Waals surface area contributed by atoms with Crippen molar-refractivity contribution >= 4 is 11.3 Å². The van der Waals surface area contributed by atoms with Gasteiger partial charge in [0.05, 0.1) is 11.2 Å². The molecule has 1 saturated heterocycles. The van der Waals surface area contributed by atoms with E-state index in [0.717, 1.165) is 24.9 Å². The molecule has 2 heterocycles. The Hall–Kier alpha value is -0.450. The van der Waals surface area contributed by atoms with E-state index in [1.165, 1.54) is 31.5 Å². The summed E-state index contributed by atoms with van der Waals surface area (Å²) in [7, 11) is 0. The molecule has 1 aromatic heterocycles. The number of nitrogens with one attached hydrogen (secondary N) is 2. The highest BCUT2D eigenvalue weighted by Crippen LogP contribution is 2.37. The molecule has 2 N–H and O–H groups in total. The second-order valence-corrected chi connectivity index (χ2v) is 5.70. The fourth-order valence-electron chi connectivity index (χ4n) is 3.21. The zero-order valence-electron chi connectivity index (χ0n) is 9.48. The van der Waals surface area contributed by atoms with Crippen LogP contribution in [0.1, 0.15) is 25.0 Å². The van der Waals surface area contributed by atoms with E-state index in [4.69, 9.17) is 0 Å². The van der Waals surface area contributed by atoms with Gasteiger partial charge in [-0.1, -0.05) is 6.42 Å². The topological polar surface area (TPSA) is 37.0 Å². The van der Waals surface area contributed by atoms with Gasteiger partial charge in [-0.2, -0.15) is 0 Å². The number of hydrogen-bond acceptors (Lipinski definition) is 4. The lowest BCUT2D eigenvalue weighted by atomic mass is 9.94. The second-order valence-electron chi connectivity index (χ2n) is 4.98. The molecule has 1 saturated carbocycles. The predicted molar refractivity (Wildman–Crippen MR) is 66.4 cm³/mol. The van der Waals surface area contributed by atoms with Crippen LogP contribution in [0.25, 0.3) is 0 Å². The van der Waals surface area contributed by atoms with Crippen LogP contribution in [0.4, 0.5) is 0 Å². The Balaban J connectivity index is 1.45. The number of fused-ring (bicyclic) bond motifs is 1. The summed E-state index contributed by atoms with van der Waals surface area (Å²) in [4.78, 5) is 4.28. The molecule has 0 spiro atoms. The molecule has 1 aromatic rings. The van der Waals surface area contributed by atoms with Gasteiger partial charge < -0.3 is 10.6 Å². The summed E-state index contributed by atoms with van der Waals surface area (Å²) in [5.41, 5.74) is 3.07. The highest BCUT2D eigenvalue weighted by atomic mass is 32.1. The van der Waals surface area contributed by atoms with Crippen LogP contribution in [0.3, 0.4) is 0 Å². The van der Waals surface area contributed by atoms with E-state index >= 15 is 0 Å². The Morgan fingerprint density at radius 3 is 3.38 bits per heavy atom. The Morgan fingerprint density at radius 1 is 1.50 bits per heavy atom. The van der Waals surface area contributed by atoms with Crippen molar-refractivity contribution in [1.82, 2.24) is 15.6 Å². The van der Waals surface area contributed by atoms with Crippen molar-refractivity contribution in [1.29, 1.82) is 0 Å². The lowest BCUT2D eigenvalue weighted by molar-refractivity contribution is 0.393. The van der Waals surface area contributed by atoms with E-state index in [-0.39, 0.29) is 0 Å². The fourth-order valence-corrected chi connectivity index (χ4v) is 3.77.